The minimum atomic E-state index is -0.667. The van der Waals surface area contributed by atoms with E-state index >= 15 is 8.78 Å². The first kappa shape index (κ1) is 23.4. The number of nitrogens with two attached hydrogens (primary N) is 1. The van der Waals surface area contributed by atoms with Crippen molar-refractivity contribution in [1.29, 1.82) is 5.41 Å². The van der Waals surface area contributed by atoms with Crippen molar-refractivity contribution in [2.24, 2.45) is 0 Å². The quantitative estimate of drug-likeness (QED) is 0.231. The van der Waals surface area contributed by atoms with Crippen LogP contribution in [0.5, 0.6) is 0 Å². The van der Waals surface area contributed by atoms with E-state index in [0.29, 0.717) is 45.4 Å². The fourth-order valence-electron chi connectivity index (χ4n) is 5.90. The van der Waals surface area contributed by atoms with Gasteiger partial charge in [-0.15, -0.1) is 0 Å². The average molecular weight is 523 g/mol. The molecule has 2 aliphatic rings. The number of nitrogens with one attached hydrogen (secondary N) is 2. The van der Waals surface area contributed by atoms with Gasteiger partial charge in [-0.2, -0.15) is 5.10 Å². The highest BCUT2D eigenvalue weighted by atomic mass is 19.1. The van der Waals surface area contributed by atoms with Gasteiger partial charge in [-0.05, 0) is 48.4 Å². The molecular weight excluding hydrogens is 498 g/mol. The predicted octanol–water partition coefficient (Wildman–Crippen LogP) is 4.53. The second-order valence-corrected chi connectivity index (χ2v) is 9.91. The average Bonchev–Trinajstić information content (AvgIpc) is 3.68. The van der Waals surface area contributed by atoms with Crippen LogP contribution in [-0.4, -0.2) is 51.0 Å². The molecule has 7 rings (SSSR count). The third kappa shape index (κ3) is 3.67. The molecule has 2 unspecified atom stereocenters. The highest BCUT2D eigenvalue weighted by Gasteiger charge is 2.38. The molecule has 8 nitrogen and oxygen atoms in total. The van der Waals surface area contributed by atoms with Crippen LogP contribution in [0.3, 0.4) is 0 Å². The van der Waals surface area contributed by atoms with Gasteiger partial charge in [-0.25, -0.2) is 18.3 Å². The molecule has 39 heavy (non-hydrogen) atoms. The van der Waals surface area contributed by atoms with E-state index in [4.69, 9.17) is 16.2 Å². The molecule has 0 saturated carbocycles. The molecule has 2 bridgehead atoms. The molecule has 4 N–H and O–H groups in total. The Bertz CT molecular complexity index is 1730. The molecule has 5 aromatic rings. The molecule has 3 aromatic heterocycles. The van der Waals surface area contributed by atoms with Gasteiger partial charge in [0.25, 0.3) is 0 Å². The lowest BCUT2D eigenvalue weighted by molar-refractivity contribution is 0.566. The Morgan fingerprint density at radius 3 is 2.51 bits per heavy atom. The Kier molecular flexibility index (Phi) is 5.38. The Morgan fingerprint density at radius 2 is 1.82 bits per heavy atom. The second-order valence-electron chi connectivity index (χ2n) is 9.91. The Morgan fingerprint density at radius 1 is 1.03 bits per heavy atom. The molecule has 0 spiro atoms. The number of piperazine rings is 1. The van der Waals surface area contributed by atoms with Crippen molar-refractivity contribution in [3.8, 4) is 33.6 Å². The van der Waals surface area contributed by atoms with E-state index in [2.05, 4.69) is 20.2 Å². The van der Waals surface area contributed by atoms with Gasteiger partial charge in [-0.3, -0.25) is 4.98 Å². The molecule has 2 aromatic carbocycles. The van der Waals surface area contributed by atoms with E-state index < -0.39 is 11.6 Å². The van der Waals surface area contributed by atoms with E-state index in [-0.39, 0.29) is 17.3 Å². The molecule has 2 aliphatic heterocycles. The minimum absolute atomic E-state index is 0.177. The highest BCUT2D eigenvalue weighted by Crippen LogP contribution is 2.40. The molecule has 10 heteroatoms. The normalized spacial score (nSPS) is 18.3. The summed E-state index contributed by atoms with van der Waals surface area (Å²) < 4.78 is 33.0. The van der Waals surface area contributed by atoms with E-state index in [9.17, 15) is 0 Å². The fraction of sp³-hybridized carbons (Fsp3) is 0.172. The minimum Gasteiger partial charge on any atom is -0.398 e. The van der Waals surface area contributed by atoms with Crippen LogP contribution in [0, 0.1) is 17.0 Å². The SMILES string of the molecule is N=Cc1c(N)cccc1-c1c(-c2ccncc2)nn2c(-c3c(F)cc(N4CC5CC4CN5)cc3F)ccnc12. The fourth-order valence-corrected chi connectivity index (χ4v) is 5.90. The maximum absolute atomic E-state index is 15.7. The van der Waals surface area contributed by atoms with Gasteiger partial charge >= 0.3 is 0 Å². The monoisotopic (exact) mass is 522 g/mol. The zero-order valence-electron chi connectivity index (χ0n) is 20.8. The summed E-state index contributed by atoms with van der Waals surface area (Å²) in [5.74, 6) is -1.33. The maximum Gasteiger partial charge on any atom is 0.164 e. The molecule has 2 saturated heterocycles. The highest BCUT2D eigenvalue weighted by molar-refractivity contribution is 6.01. The molecule has 0 aliphatic carbocycles. The number of nitrogen functional groups attached to an aromatic ring is 1. The molecule has 2 atom stereocenters. The summed E-state index contributed by atoms with van der Waals surface area (Å²) in [6.07, 6.45) is 6.97. The van der Waals surface area contributed by atoms with Gasteiger partial charge in [0.15, 0.2) is 5.65 Å². The van der Waals surface area contributed by atoms with E-state index in [1.54, 1.807) is 42.7 Å². The number of anilines is 2. The number of nitrogens with zero attached hydrogens (tertiary/aromatic N) is 5. The molecule has 2 fully saturated rings. The number of hydrogen-bond acceptors (Lipinski definition) is 7. The number of pyridine rings is 1. The van der Waals surface area contributed by atoms with Gasteiger partial charge in [0.2, 0.25) is 0 Å². The van der Waals surface area contributed by atoms with E-state index in [0.717, 1.165) is 25.1 Å². The zero-order chi connectivity index (χ0) is 26.7. The van der Waals surface area contributed by atoms with Crippen molar-refractivity contribution in [2.75, 3.05) is 23.7 Å². The Hall–Kier alpha value is -4.70. The van der Waals surface area contributed by atoms with E-state index in [1.165, 1.54) is 29.1 Å². The largest absolute Gasteiger partial charge is 0.398 e. The number of rotatable bonds is 5. The number of benzene rings is 2. The van der Waals surface area contributed by atoms with Crippen LogP contribution in [0.25, 0.3) is 39.3 Å². The van der Waals surface area contributed by atoms with Crippen molar-refractivity contribution in [2.45, 2.75) is 18.5 Å². The molecule has 0 amide bonds. The van der Waals surface area contributed by atoms with Crippen molar-refractivity contribution in [1.82, 2.24) is 24.9 Å². The number of fused-ring (bicyclic) bond motifs is 3. The van der Waals surface area contributed by atoms with Crippen molar-refractivity contribution >= 4 is 23.2 Å². The van der Waals surface area contributed by atoms with Gasteiger partial charge in [-0.1, -0.05) is 12.1 Å². The summed E-state index contributed by atoms with van der Waals surface area (Å²) in [4.78, 5) is 10.7. The Balaban J connectivity index is 1.45. The van der Waals surface area contributed by atoms with Crippen LogP contribution in [-0.2, 0) is 0 Å². The second kappa shape index (κ2) is 8.95. The summed E-state index contributed by atoms with van der Waals surface area (Å²) in [6, 6.07) is 13.9. The van der Waals surface area contributed by atoms with Crippen LogP contribution in [0.1, 0.15) is 12.0 Å². The lowest BCUT2D eigenvalue weighted by atomic mass is 9.96. The summed E-state index contributed by atoms with van der Waals surface area (Å²) >= 11 is 0. The van der Waals surface area contributed by atoms with Crippen LogP contribution in [0.4, 0.5) is 20.2 Å². The van der Waals surface area contributed by atoms with Crippen molar-refractivity contribution in [3.05, 3.63) is 84.3 Å². The third-order valence-electron chi connectivity index (χ3n) is 7.70. The van der Waals surface area contributed by atoms with Crippen molar-refractivity contribution < 1.29 is 8.78 Å². The lowest BCUT2D eigenvalue weighted by Crippen LogP contribution is -2.43. The lowest BCUT2D eigenvalue weighted by Gasteiger charge is -2.30. The number of halogens is 2. The zero-order valence-corrected chi connectivity index (χ0v) is 20.8. The topological polar surface area (TPSA) is 108 Å². The van der Waals surface area contributed by atoms with E-state index in [1.807, 2.05) is 6.07 Å². The maximum atomic E-state index is 15.7. The van der Waals surface area contributed by atoms with Crippen LogP contribution in [0.2, 0.25) is 0 Å². The first-order valence-electron chi connectivity index (χ1n) is 12.7. The summed E-state index contributed by atoms with van der Waals surface area (Å²) in [6.45, 7) is 1.55. The summed E-state index contributed by atoms with van der Waals surface area (Å²) in [5, 5.41) is 16.2. The van der Waals surface area contributed by atoms with Gasteiger partial charge in [0, 0.05) is 72.5 Å². The number of aromatic nitrogens is 4. The van der Waals surface area contributed by atoms with Gasteiger partial charge in [0.1, 0.15) is 17.3 Å². The smallest absolute Gasteiger partial charge is 0.164 e. The first-order valence-corrected chi connectivity index (χ1v) is 12.7. The molecule has 0 radical (unpaired) electrons. The van der Waals surface area contributed by atoms with Crippen LogP contribution >= 0.6 is 0 Å². The van der Waals surface area contributed by atoms with Gasteiger partial charge < -0.3 is 21.4 Å². The molecule has 194 valence electrons. The molecule has 5 heterocycles. The predicted molar refractivity (Wildman–Crippen MR) is 147 cm³/mol. The van der Waals surface area contributed by atoms with Gasteiger partial charge in [0.05, 0.1) is 16.8 Å². The summed E-state index contributed by atoms with van der Waals surface area (Å²) in [5.41, 5.74) is 10.6. The van der Waals surface area contributed by atoms with Crippen LogP contribution in [0.15, 0.2) is 67.1 Å². The third-order valence-corrected chi connectivity index (χ3v) is 7.70. The summed E-state index contributed by atoms with van der Waals surface area (Å²) in [7, 11) is 0. The van der Waals surface area contributed by atoms with Crippen molar-refractivity contribution in [3.63, 3.8) is 0 Å². The van der Waals surface area contributed by atoms with Crippen LogP contribution < -0.4 is 16.0 Å². The Labute approximate surface area is 222 Å². The standard InChI is InChI=1S/C29H24F2N8/c30-22-11-18(38-15-17-10-19(38)14-36-17)12-23(31)27(22)25-6-9-35-29-26(20-2-1-3-24(33)21(20)13-32)28(37-39(25)29)16-4-7-34-8-5-16/h1-9,11-13,17,19,32,36H,10,14-15,33H2. The first-order chi connectivity index (χ1) is 19.0. The number of hydrogen-bond donors (Lipinski definition) is 3. The molecular formula is C29H24F2N8.